The average molecular weight is 1470 g/mol. The van der Waals surface area contributed by atoms with Gasteiger partial charge in [-0.25, -0.2) is 0 Å². The number of unbranched alkanes of at least 4 members (excludes halogenated alkanes) is 7. The van der Waals surface area contributed by atoms with Crippen molar-refractivity contribution in [2.24, 2.45) is 35.5 Å². The molecule has 7 N–H and O–H groups in total. The molecule has 0 saturated heterocycles. The Morgan fingerprint density at radius 2 is 0.699 bits per heavy atom. The van der Waals surface area contributed by atoms with Crippen LogP contribution < -0.4 is 37.2 Å². The first kappa shape index (κ1) is 97.2. The molecule has 7 amide bonds. The van der Waals surface area contributed by atoms with Crippen LogP contribution in [-0.4, -0.2) is 298 Å². The van der Waals surface area contributed by atoms with Gasteiger partial charge < -0.3 is 85.2 Å². The first-order chi connectivity index (χ1) is 49.4. The summed E-state index contributed by atoms with van der Waals surface area (Å²) in [5.41, 5.74) is 0. The van der Waals surface area contributed by atoms with E-state index in [9.17, 15) is 52.7 Å². The minimum absolute atomic E-state index is 0.0493. The van der Waals surface area contributed by atoms with Gasteiger partial charge in [0.25, 0.3) is 0 Å². The highest BCUT2D eigenvalue weighted by Gasteiger charge is 2.37. The topological polar surface area (TPSA) is 357 Å². The molecule has 0 heterocycles. The lowest BCUT2D eigenvalue weighted by atomic mass is 9.82. The van der Waals surface area contributed by atoms with Gasteiger partial charge in [0.15, 0.2) is 0 Å². The lowest BCUT2D eigenvalue weighted by molar-refractivity contribution is -0.141. The third-order valence-corrected chi connectivity index (χ3v) is 17.7. The third-order valence-electron chi connectivity index (χ3n) is 17.7. The van der Waals surface area contributed by atoms with E-state index in [2.05, 4.69) is 49.0 Å². The number of ether oxygens (including phenoxy) is 6. The van der Waals surface area contributed by atoms with Gasteiger partial charge in [-0.05, 0) is 47.5 Å². The van der Waals surface area contributed by atoms with Crippen molar-refractivity contribution >= 4 is 70.3 Å². The molecule has 0 aromatic rings. The van der Waals surface area contributed by atoms with Crippen LogP contribution in [0.4, 0.5) is 0 Å². The molecule has 0 aliphatic rings. The lowest BCUT2D eigenvalue weighted by Crippen LogP contribution is -2.42. The fourth-order valence-electron chi connectivity index (χ4n) is 11.0. The third kappa shape index (κ3) is 51.2. The first-order valence-electron chi connectivity index (χ1n) is 37.8. The number of likely N-dealkylation sites (N-methyl/N-ethyl adjacent to an activating group) is 6. The Labute approximate surface area is 616 Å². The Morgan fingerprint density at radius 3 is 1.17 bits per heavy atom. The van der Waals surface area contributed by atoms with Gasteiger partial charge in [-0.2, -0.15) is 0 Å². The number of Topliss-reactive ketones (excluding diaryl/α,β-unsaturated/α-hetero) is 5. The molecule has 0 saturated carbocycles. The predicted octanol–water partition coefficient (Wildman–Crippen LogP) is 2.96. The summed E-state index contributed by atoms with van der Waals surface area (Å²) < 4.78 is 31.9. The number of hydrogen-bond acceptors (Lipinski definition) is 22. The fourth-order valence-corrected chi connectivity index (χ4v) is 11.0. The summed E-state index contributed by atoms with van der Waals surface area (Å²) >= 11 is 0. The zero-order valence-corrected chi connectivity index (χ0v) is 65.2. The second kappa shape index (κ2) is 63.5. The largest absolute Gasteiger partial charge is 0.382 e. The van der Waals surface area contributed by atoms with Crippen LogP contribution in [0.3, 0.4) is 0 Å². The number of nitrogens with zero attached hydrogens (tertiary/aromatic N) is 4. The summed E-state index contributed by atoms with van der Waals surface area (Å²) in [4.78, 5) is 178. The Hall–Kier alpha value is -5.76. The van der Waals surface area contributed by atoms with E-state index in [-0.39, 0.29) is 84.5 Å². The van der Waals surface area contributed by atoms with Crippen molar-refractivity contribution in [2.75, 3.05) is 208 Å². The molecule has 0 spiro atoms. The van der Waals surface area contributed by atoms with Gasteiger partial charge in [-0.3, -0.25) is 57.5 Å². The second-order valence-electron chi connectivity index (χ2n) is 27.1. The van der Waals surface area contributed by atoms with E-state index in [4.69, 9.17) is 28.4 Å². The molecule has 0 aromatic carbocycles. The minimum atomic E-state index is -1.37. The maximum atomic E-state index is 15.1. The number of carbonyl (C=O) groups excluding carboxylic acids is 12. The van der Waals surface area contributed by atoms with Gasteiger partial charge in [0.05, 0.1) is 83.8 Å². The SMILES string of the molecule is CCCCCCNC(=O)CC(CC(=O)CC(CC(=O)C(CC(=O)CC(C)C(=O)NCCOCCOCCOC)CC(=O)NCCOCCOCCOC)C(=O)NCCCCCC)C(=O)CC(CC(=O)CC(CC(=O)N(C)CCN(C)CCNC)C(=O)NCCCC)C(=O)N(C)CCN(C)CCNC. The fraction of sp³-hybridized carbons (Fsp3) is 0.838. The summed E-state index contributed by atoms with van der Waals surface area (Å²) in [5, 5.41) is 20.3. The van der Waals surface area contributed by atoms with E-state index in [1.165, 1.54) is 9.80 Å². The van der Waals surface area contributed by atoms with Gasteiger partial charge in [0.1, 0.15) is 28.9 Å². The van der Waals surface area contributed by atoms with Crippen LogP contribution in [0.15, 0.2) is 0 Å². The summed E-state index contributed by atoms with van der Waals surface area (Å²) in [6.45, 7) is 16.1. The monoisotopic (exact) mass is 1470 g/mol. The van der Waals surface area contributed by atoms with Crippen molar-refractivity contribution in [3.05, 3.63) is 0 Å². The molecule has 29 nitrogen and oxygen atoms in total. The van der Waals surface area contributed by atoms with Crippen LogP contribution in [0.25, 0.3) is 0 Å². The molecule has 6 atom stereocenters. The second-order valence-corrected chi connectivity index (χ2v) is 27.1. The molecule has 0 radical (unpaired) electrons. The zero-order valence-electron chi connectivity index (χ0n) is 65.2. The van der Waals surface area contributed by atoms with Crippen LogP contribution in [0.2, 0.25) is 0 Å². The molecule has 0 aromatic heterocycles. The van der Waals surface area contributed by atoms with E-state index in [0.717, 1.165) is 58.0 Å². The van der Waals surface area contributed by atoms with Gasteiger partial charge in [0.2, 0.25) is 41.4 Å². The van der Waals surface area contributed by atoms with Crippen molar-refractivity contribution in [1.82, 2.24) is 56.8 Å². The van der Waals surface area contributed by atoms with Crippen molar-refractivity contribution in [3.63, 3.8) is 0 Å². The quantitative estimate of drug-likeness (QED) is 0.0430. The van der Waals surface area contributed by atoms with Crippen molar-refractivity contribution in [3.8, 4) is 0 Å². The number of nitrogens with one attached hydrogen (secondary N) is 7. The van der Waals surface area contributed by atoms with Crippen molar-refractivity contribution < 1.29 is 86.0 Å². The predicted molar refractivity (Wildman–Crippen MR) is 396 cm³/mol. The van der Waals surface area contributed by atoms with E-state index < -0.39 is 158 Å². The smallest absolute Gasteiger partial charge is 0.226 e. The molecule has 596 valence electrons. The molecular weight excluding hydrogens is 1330 g/mol. The van der Waals surface area contributed by atoms with E-state index in [0.29, 0.717) is 91.6 Å². The van der Waals surface area contributed by atoms with E-state index in [1.54, 1.807) is 35.2 Å². The molecule has 0 aliphatic heterocycles. The highest BCUT2D eigenvalue weighted by atomic mass is 16.5. The number of ketones is 5. The first-order valence-corrected chi connectivity index (χ1v) is 37.8. The lowest BCUT2D eigenvalue weighted by Gasteiger charge is -2.27. The molecule has 0 bridgehead atoms. The Balaban J connectivity index is 7.48. The highest BCUT2D eigenvalue weighted by molar-refractivity contribution is 5.99. The van der Waals surface area contributed by atoms with Crippen molar-refractivity contribution in [2.45, 2.75) is 163 Å². The van der Waals surface area contributed by atoms with Crippen LogP contribution in [0, 0.1) is 35.5 Å². The Kier molecular flexibility index (Phi) is 60.0. The number of carbonyl (C=O) groups is 12. The zero-order chi connectivity index (χ0) is 77.0. The van der Waals surface area contributed by atoms with Crippen molar-refractivity contribution in [1.29, 1.82) is 0 Å². The number of amides is 7. The Bertz CT molecular complexity index is 2390. The van der Waals surface area contributed by atoms with Gasteiger partial charge in [-0.1, -0.05) is 72.6 Å². The summed E-state index contributed by atoms with van der Waals surface area (Å²) in [7, 11) is 13.8. The molecule has 0 aliphatic carbocycles. The number of rotatable bonds is 71. The summed E-state index contributed by atoms with van der Waals surface area (Å²) in [6, 6.07) is 0. The minimum Gasteiger partial charge on any atom is -0.382 e. The molecule has 103 heavy (non-hydrogen) atoms. The molecular formula is C74H137N11O18. The van der Waals surface area contributed by atoms with Gasteiger partial charge in [0, 0.05) is 202 Å². The number of hydrogen-bond donors (Lipinski definition) is 7. The van der Waals surface area contributed by atoms with E-state index in [1.807, 2.05) is 46.9 Å². The highest BCUT2D eigenvalue weighted by Crippen LogP contribution is 2.27. The van der Waals surface area contributed by atoms with Crippen LogP contribution in [-0.2, 0) is 86.0 Å². The maximum Gasteiger partial charge on any atom is 0.226 e. The molecule has 6 unspecified atom stereocenters. The van der Waals surface area contributed by atoms with Gasteiger partial charge >= 0.3 is 0 Å². The van der Waals surface area contributed by atoms with Crippen LogP contribution in [0.1, 0.15) is 163 Å². The standard InChI is InChI=1S/C74H137N11O18/c1-13-16-19-21-24-77-68(91)54-59(67(90)53-62(74(97)85(10)35-33-83(8)31-27-76-6)51-65(88)50-61(73(96)79-23-18-15-3)56-70(93)84(9)34-32-82(7)30-26-75-5)48-64(87)49-60(72(95)80-25-22-20-17-14-2)52-66(89)58(55-69(92)78-28-36-100-42-44-102-40-38-98-11)47-63(86)46-57(4)71(94)81-29-37-101-43-45-103-41-39-99-12/h57-62,75-76H,13-56H2,1-12H3,(H,77,91)(H,78,92)(H,79,96)(H,80,95)(H,81,94). The normalized spacial score (nSPS) is 13.1. The summed E-state index contributed by atoms with van der Waals surface area (Å²) in [5.74, 6) is -14.0. The maximum absolute atomic E-state index is 15.1. The Morgan fingerprint density at radius 1 is 0.330 bits per heavy atom. The average Bonchev–Trinajstić information content (AvgIpc) is 0.856. The molecule has 0 fully saturated rings. The van der Waals surface area contributed by atoms with E-state index >= 15 is 4.79 Å². The van der Waals surface area contributed by atoms with Crippen LogP contribution in [0.5, 0.6) is 0 Å². The van der Waals surface area contributed by atoms with Gasteiger partial charge in [-0.15, -0.1) is 0 Å². The summed E-state index contributed by atoms with van der Waals surface area (Å²) in [6.07, 6.45) is 2.64. The number of methoxy groups -OCH3 is 2. The van der Waals surface area contributed by atoms with Crippen LogP contribution >= 0.6 is 0 Å². The molecule has 29 heteroatoms. The molecule has 0 rings (SSSR count).